The summed E-state index contributed by atoms with van der Waals surface area (Å²) in [6.45, 7) is 4.33. The van der Waals surface area contributed by atoms with Gasteiger partial charge in [-0.15, -0.1) is 0 Å². The number of rotatable bonds is 19. The molecule has 36 heavy (non-hydrogen) atoms. The highest BCUT2D eigenvalue weighted by Gasteiger charge is 2.31. The number of nitrogens with zero attached hydrogens (tertiary/aromatic N) is 1. The Morgan fingerprint density at radius 1 is 0.778 bits per heavy atom. The molecule has 1 amide bonds. The predicted octanol–water partition coefficient (Wildman–Crippen LogP) is 8.45. The van der Waals surface area contributed by atoms with Crippen molar-refractivity contribution in [2.45, 2.75) is 147 Å². The first kappa shape index (κ1) is 30.8. The minimum Gasteiger partial charge on any atom is -0.326 e. The van der Waals surface area contributed by atoms with Crippen LogP contribution in [0.2, 0.25) is 0 Å². The second-order valence-electron chi connectivity index (χ2n) is 10.7. The Morgan fingerprint density at radius 3 is 1.72 bits per heavy atom. The molecule has 1 aromatic rings. The van der Waals surface area contributed by atoms with Crippen molar-refractivity contribution in [3.05, 3.63) is 24.3 Å². The van der Waals surface area contributed by atoms with Gasteiger partial charge in [0.05, 0.1) is 4.90 Å². The Hall–Kier alpha value is -1.40. The summed E-state index contributed by atoms with van der Waals surface area (Å²) in [5.74, 6) is -0.160. The largest absolute Gasteiger partial charge is 0.326 e. The Kier molecular flexibility index (Phi) is 15.4. The highest BCUT2D eigenvalue weighted by molar-refractivity contribution is 7.89. The monoisotopic (exact) mass is 520 g/mol. The molecule has 1 aromatic carbocycles. The molecule has 0 radical (unpaired) electrons. The quantitative estimate of drug-likeness (QED) is 0.186. The summed E-state index contributed by atoms with van der Waals surface area (Å²) < 4.78 is 28.9. The smallest absolute Gasteiger partial charge is 0.243 e. The molecule has 0 atom stereocenters. The molecule has 0 aliphatic heterocycles. The van der Waals surface area contributed by atoms with E-state index in [-0.39, 0.29) is 11.9 Å². The molecule has 0 bridgehead atoms. The summed E-state index contributed by atoms with van der Waals surface area (Å²) in [7, 11) is -3.54. The van der Waals surface area contributed by atoms with Crippen LogP contribution in [0.1, 0.15) is 136 Å². The van der Waals surface area contributed by atoms with Crippen molar-refractivity contribution < 1.29 is 13.2 Å². The summed E-state index contributed by atoms with van der Waals surface area (Å²) in [6.07, 6.45) is 23.5. The number of carbonyl (C=O) groups is 1. The summed E-state index contributed by atoms with van der Waals surface area (Å²) in [5.41, 5.74) is 0.623. The van der Waals surface area contributed by atoms with Crippen molar-refractivity contribution in [3.63, 3.8) is 0 Å². The summed E-state index contributed by atoms with van der Waals surface area (Å²) in [4.78, 5) is 11.6. The van der Waals surface area contributed by atoms with Gasteiger partial charge in [0.1, 0.15) is 0 Å². The zero-order valence-electron chi connectivity index (χ0n) is 23.1. The predicted molar refractivity (Wildman–Crippen MR) is 152 cm³/mol. The third-order valence-corrected chi connectivity index (χ3v) is 9.46. The van der Waals surface area contributed by atoms with E-state index in [1.165, 1.54) is 90.4 Å². The number of hydrogen-bond donors (Lipinski definition) is 1. The zero-order valence-corrected chi connectivity index (χ0v) is 23.9. The fourth-order valence-electron chi connectivity index (χ4n) is 5.38. The van der Waals surface area contributed by atoms with E-state index >= 15 is 0 Å². The third kappa shape index (κ3) is 11.8. The van der Waals surface area contributed by atoms with Crippen molar-refractivity contribution in [2.24, 2.45) is 0 Å². The van der Waals surface area contributed by atoms with Crippen molar-refractivity contribution in [3.8, 4) is 0 Å². The summed E-state index contributed by atoms with van der Waals surface area (Å²) in [6, 6.07) is 6.73. The number of sulfonamides is 1. The zero-order chi connectivity index (χ0) is 26.1. The first-order valence-corrected chi connectivity index (χ1v) is 16.3. The molecule has 1 aliphatic rings. The molecule has 0 saturated heterocycles. The second-order valence-corrected chi connectivity index (χ2v) is 12.6. The SMILES string of the molecule is CCCCCCCCCCCCCCCCN(C1CCCCC1)S(=O)(=O)c1ccc(NC(C)=O)cc1. The Morgan fingerprint density at radius 2 is 1.25 bits per heavy atom. The Labute approximate surface area is 221 Å². The molecule has 0 heterocycles. The maximum absolute atomic E-state index is 13.6. The van der Waals surface area contributed by atoms with Crippen molar-refractivity contribution >= 4 is 21.6 Å². The van der Waals surface area contributed by atoms with E-state index in [1.54, 1.807) is 28.6 Å². The van der Waals surface area contributed by atoms with Crippen molar-refractivity contribution in [1.82, 2.24) is 4.31 Å². The molecule has 0 aromatic heterocycles. The Balaban J connectivity index is 1.73. The number of unbranched alkanes of at least 4 members (excludes halogenated alkanes) is 13. The normalized spacial score (nSPS) is 14.9. The van der Waals surface area contributed by atoms with E-state index in [4.69, 9.17) is 0 Å². The van der Waals surface area contributed by atoms with Gasteiger partial charge in [-0.05, 0) is 43.5 Å². The number of anilines is 1. The molecule has 1 aliphatic carbocycles. The maximum Gasteiger partial charge on any atom is 0.243 e. The van der Waals surface area contributed by atoms with Crippen LogP contribution < -0.4 is 5.32 Å². The lowest BCUT2D eigenvalue weighted by Crippen LogP contribution is -2.42. The van der Waals surface area contributed by atoms with Crippen LogP contribution >= 0.6 is 0 Å². The van der Waals surface area contributed by atoms with E-state index < -0.39 is 10.0 Å². The molecular formula is C30H52N2O3S. The van der Waals surface area contributed by atoms with Gasteiger partial charge >= 0.3 is 0 Å². The molecule has 6 heteroatoms. The van der Waals surface area contributed by atoms with E-state index in [0.717, 1.165) is 38.5 Å². The van der Waals surface area contributed by atoms with E-state index in [2.05, 4.69) is 12.2 Å². The lowest BCUT2D eigenvalue weighted by atomic mass is 9.95. The topological polar surface area (TPSA) is 66.5 Å². The number of amides is 1. The maximum atomic E-state index is 13.6. The second kappa shape index (κ2) is 18.0. The highest BCUT2D eigenvalue weighted by atomic mass is 32.2. The van der Waals surface area contributed by atoms with Crippen LogP contribution in [0.4, 0.5) is 5.69 Å². The van der Waals surface area contributed by atoms with Crippen LogP contribution in [0, 0.1) is 0 Å². The van der Waals surface area contributed by atoms with Gasteiger partial charge < -0.3 is 5.32 Å². The average Bonchev–Trinajstić information content (AvgIpc) is 2.87. The van der Waals surface area contributed by atoms with Crippen LogP contribution in [0.3, 0.4) is 0 Å². The van der Waals surface area contributed by atoms with Crippen LogP contribution in [-0.2, 0) is 14.8 Å². The van der Waals surface area contributed by atoms with Crippen molar-refractivity contribution in [2.75, 3.05) is 11.9 Å². The van der Waals surface area contributed by atoms with Gasteiger partial charge in [-0.1, -0.05) is 110 Å². The Bertz CT molecular complexity index is 817. The summed E-state index contributed by atoms with van der Waals surface area (Å²) >= 11 is 0. The molecule has 206 valence electrons. The van der Waals surface area contributed by atoms with Gasteiger partial charge in [0.25, 0.3) is 0 Å². The lowest BCUT2D eigenvalue weighted by molar-refractivity contribution is -0.114. The fraction of sp³-hybridized carbons (Fsp3) is 0.767. The van der Waals surface area contributed by atoms with Gasteiger partial charge in [0, 0.05) is 25.2 Å². The van der Waals surface area contributed by atoms with Crippen molar-refractivity contribution in [1.29, 1.82) is 0 Å². The summed E-state index contributed by atoms with van der Waals surface area (Å²) in [5, 5.41) is 2.71. The molecule has 2 rings (SSSR count). The number of carbonyl (C=O) groups excluding carboxylic acids is 1. The van der Waals surface area contributed by atoms with Gasteiger partial charge in [-0.2, -0.15) is 4.31 Å². The van der Waals surface area contributed by atoms with Crippen LogP contribution in [0.25, 0.3) is 0 Å². The molecule has 1 N–H and O–H groups in total. The van der Waals surface area contributed by atoms with Gasteiger partial charge in [-0.25, -0.2) is 8.42 Å². The number of hydrogen-bond acceptors (Lipinski definition) is 3. The first-order chi connectivity index (χ1) is 17.4. The van der Waals surface area contributed by atoms with E-state index in [9.17, 15) is 13.2 Å². The molecule has 5 nitrogen and oxygen atoms in total. The minimum absolute atomic E-state index is 0.112. The van der Waals surface area contributed by atoms with E-state index in [0.29, 0.717) is 17.1 Å². The first-order valence-electron chi connectivity index (χ1n) is 14.8. The lowest BCUT2D eigenvalue weighted by Gasteiger charge is -2.33. The minimum atomic E-state index is -3.54. The van der Waals surface area contributed by atoms with Gasteiger partial charge in [0.2, 0.25) is 15.9 Å². The van der Waals surface area contributed by atoms with E-state index in [1.807, 2.05) is 0 Å². The molecule has 0 unspecified atom stereocenters. The standard InChI is InChI=1S/C30H52N2O3S/c1-3-4-5-6-7-8-9-10-11-12-13-14-15-19-26-32(29-20-17-16-18-21-29)36(34,35)30-24-22-28(23-25-30)31-27(2)33/h22-25,29H,3-21,26H2,1-2H3,(H,31,33). The number of nitrogens with one attached hydrogen (secondary N) is 1. The average molecular weight is 521 g/mol. The van der Waals surface area contributed by atoms with Crippen LogP contribution in [-0.4, -0.2) is 31.2 Å². The molecule has 1 saturated carbocycles. The van der Waals surface area contributed by atoms with Crippen LogP contribution in [0.15, 0.2) is 29.2 Å². The molecule has 1 fully saturated rings. The van der Waals surface area contributed by atoms with Crippen LogP contribution in [0.5, 0.6) is 0 Å². The number of benzene rings is 1. The molecular weight excluding hydrogens is 468 g/mol. The van der Waals surface area contributed by atoms with Gasteiger partial charge in [0.15, 0.2) is 0 Å². The third-order valence-electron chi connectivity index (χ3n) is 7.50. The highest BCUT2D eigenvalue weighted by Crippen LogP contribution is 2.29. The fourth-order valence-corrected chi connectivity index (χ4v) is 7.10. The van der Waals surface area contributed by atoms with Gasteiger partial charge in [-0.3, -0.25) is 4.79 Å². The molecule has 0 spiro atoms.